The van der Waals surface area contributed by atoms with E-state index >= 15 is 0 Å². The Morgan fingerprint density at radius 1 is 1.44 bits per heavy atom. The van der Waals surface area contributed by atoms with Gasteiger partial charge >= 0.3 is 0 Å². The van der Waals surface area contributed by atoms with Crippen LogP contribution in [0.15, 0.2) is 6.20 Å². The topological polar surface area (TPSA) is 54.9 Å². The van der Waals surface area contributed by atoms with Gasteiger partial charge < -0.3 is 5.32 Å². The number of hydrogen-bond donors (Lipinski definition) is 1. The highest BCUT2D eigenvalue weighted by Gasteiger charge is 2.14. The average molecular weight is 270 g/mol. The van der Waals surface area contributed by atoms with Crippen LogP contribution in [-0.4, -0.2) is 22.4 Å². The zero-order valence-electron chi connectivity index (χ0n) is 11.2. The van der Waals surface area contributed by atoms with Crippen LogP contribution in [0.5, 0.6) is 0 Å². The lowest BCUT2D eigenvalue weighted by atomic mass is 10.2. The zero-order chi connectivity index (χ0) is 13.5. The van der Waals surface area contributed by atoms with Crippen molar-refractivity contribution in [2.24, 2.45) is 0 Å². The summed E-state index contributed by atoms with van der Waals surface area (Å²) in [7, 11) is 0. The van der Waals surface area contributed by atoms with Crippen molar-refractivity contribution in [3.8, 4) is 0 Å². The first-order valence-corrected chi connectivity index (χ1v) is 6.74. The first-order chi connectivity index (χ1) is 8.56. The quantitative estimate of drug-likeness (QED) is 0.807. The van der Waals surface area contributed by atoms with Gasteiger partial charge in [-0.2, -0.15) is 0 Å². The minimum atomic E-state index is -0.222. The maximum Gasteiger partial charge on any atom is 0.271 e. The molecular formula is C13H20ClN3O. The Balaban J connectivity index is 2.69. The molecule has 0 radical (unpaired) electrons. The predicted molar refractivity (Wildman–Crippen MR) is 73.0 cm³/mol. The molecule has 0 spiro atoms. The van der Waals surface area contributed by atoms with E-state index in [-0.39, 0.29) is 17.5 Å². The molecule has 1 aromatic rings. The van der Waals surface area contributed by atoms with E-state index in [0.29, 0.717) is 17.4 Å². The van der Waals surface area contributed by atoms with Crippen molar-refractivity contribution < 1.29 is 4.79 Å². The van der Waals surface area contributed by atoms with Crippen molar-refractivity contribution in [3.05, 3.63) is 22.7 Å². The molecule has 0 aromatic carbocycles. The van der Waals surface area contributed by atoms with Gasteiger partial charge in [-0.05, 0) is 6.42 Å². The normalized spacial score (nSPS) is 10.7. The van der Waals surface area contributed by atoms with Gasteiger partial charge in [-0.15, -0.1) is 0 Å². The number of carbonyl (C=O) groups is 1. The molecule has 1 aromatic heterocycles. The molecule has 0 fully saturated rings. The maximum atomic E-state index is 11.9. The van der Waals surface area contributed by atoms with Gasteiger partial charge in [0.2, 0.25) is 0 Å². The van der Waals surface area contributed by atoms with Gasteiger partial charge in [-0.3, -0.25) is 4.79 Å². The molecule has 0 saturated heterocycles. The van der Waals surface area contributed by atoms with Crippen LogP contribution in [0.25, 0.3) is 0 Å². The summed E-state index contributed by atoms with van der Waals surface area (Å²) >= 11 is 5.95. The highest BCUT2D eigenvalue weighted by atomic mass is 35.5. The van der Waals surface area contributed by atoms with Crippen molar-refractivity contribution in [1.29, 1.82) is 0 Å². The van der Waals surface area contributed by atoms with Crippen LogP contribution < -0.4 is 5.32 Å². The first kappa shape index (κ1) is 14.9. The van der Waals surface area contributed by atoms with E-state index in [2.05, 4.69) is 22.2 Å². The van der Waals surface area contributed by atoms with E-state index in [1.54, 1.807) is 0 Å². The monoisotopic (exact) mass is 269 g/mol. The minimum absolute atomic E-state index is 0.175. The van der Waals surface area contributed by atoms with Crippen molar-refractivity contribution in [1.82, 2.24) is 15.3 Å². The van der Waals surface area contributed by atoms with Gasteiger partial charge in [0.05, 0.1) is 11.2 Å². The second kappa shape index (κ2) is 7.31. The Labute approximate surface area is 113 Å². The number of nitrogens with zero attached hydrogens (tertiary/aromatic N) is 2. The Kier molecular flexibility index (Phi) is 6.05. The Bertz CT molecular complexity index is 407. The van der Waals surface area contributed by atoms with Gasteiger partial charge in [0.1, 0.15) is 11.5 Å². The molecule has 1 N–H and O–H groups in total. The summed E-state index contributed by atoms with van der Waals surface area (Å²) in [5.74, 6) is 0.590. The van der Waals surface area contributed by atoms with Gasteiger partial charge in [0.25, 0.3) is 5.91 Å². The molecule has 0 aliphatic rings. The fourth-order valence-corrected chi connectivity index (χ4v) is 1.66. The molecule has 0 saturated carbocycles. The number of unbranched alkanes of at least 4 members (excludes halogenated alkanes) is 2. The van der Waals surface area contributed by atoms with Crippen LogP contribution in [0.2, 0.25) is 5.02 Å². The molecule has 4 nitrogen and oxygen atoms in total. The number of rotatable bonds is 6. The Hall–Kier alpha value is -1.16. The molecule has 100 valence electrons. The van der Waals surface area contributed by atoms with Gasteiger partial charge in [-0.1, -0.05) is 45.2 Å². The number of halogens is 1. The van der Waals surface area contributed by atoms with E-state index < -0.39 is 0 Å². The highest BCUT2D eigenvalue weighted by Crippen LogP contribution is 2.16. The highest BCUT2D eigenvalue weighted by molar-refractivity contribution is 6.33. The summed E-state index contributed by atoms with van der Waals surface area (Å²) in [6, 6.07) is 0. The largest absolute Gasteiger partial charge is 0.351 e. The molecule has 0 bridgehead atoms. The van der Waals surface area contributed by atoms with Crippen molar-refractivity contribution in [2.75, 3.05) is 6.54 Å². The van der Waals surface area contributed by atoms with Crippen LogP contribution in [0.1, 0.15) is 62.3 Å². The predicted octanol–water partition coefficient (Wildman–Crippen LogP) is 3.17. The Morgan fingerprint density at radius 3 is 2.78 bits per heavy atom. The third kappa shape index (κ3) is 4.26. The van der Waals surface area contributed by atoms with Crippen molar-refractivity contribution in [3.63, 3.8) is 0 Å². The smallest absolute Gasteiger partial charge is 0.271 e. The molecule has 0 aliphatic carbocycles. The summed E-state index contributed by atoms with van der Waals surface area (Å²) in [4.78, 5) is 20.2. The lowest BCUT2D eigenvalue weighted by Crippen LogP contribution is -2.26. The minimum Gasteiger partial charge on any atom is -0.351 e. The second-order valence-electron chi connectivity index (χ2n) is 4.54. The SMILES string of the molecule is CCCCCNC(=O)c1nc(C(C)C)ncc1Cl. The first-order valence-electron chi connectivity index (χ1n) is 6.36. The summed E-state index contributed by atoms with van der Waals surface area (Å²) in [6.07, 6.45) is 4.70. The average Bonchev–Trinajstić information content (AvgIpc) is 2.34. The van der Waals surface area contributed by atoms with Crippen LogP contribution in [0, 0.1) is 0 Å². The number of nitrogens with one attached hydrogen (secondary N) is 1. The standard InChI is InChI=1S/C13H20ClN3O/c1-4-5-6-7-15-13(18)11-10(14)8-16-12(17-11)9(2)3/h8-9H,4-7H2,1-3H3,(H,15,18). The number of carbonyl (C=O) groups excluding carboxylic acids is 1. The van der Waals surface area contributed by atoms with Gasteiger partial charge in [0.15, 0.2) is 0 Å². The number of amides is 1. The van der Waals surface area contributed by atoms with Gasteiger partial charge in [0, 0.05) is 12.5 Å². The summed E-state index contributed by atoms with van der Waals surface area (Å²) in [5.41, 5.74) is 0.270. The van der Waals surface area contributed by atoms with E-state index in [1.807, 2.05) is 13.8 Å². The molecule has 1 heterocycles. The maximum absolute atomic E-state index is 11.9. The number of aromatic nitrogens is 2. The van der Waals surface area contributed by atoms with E-state index in [0.717, 1.165) is 19.3 Å². The molecule has 0 aliphatic heterocycles. The van der Waals surface area contributed by atoms with Crippen molar-refractivity contribution >= 4 is 17.5 Å². The van der Waals surface area contributed by atoms with Crippen LogP contribution in [0.4, 0.5) is 0 Å². The Morgan fingerprint density at radius 2 is 2.17 bits per heavy atom. The third-order valence-electron chi connectivity index (χ3n) is 2.56. The zero-order valence-corrected chi connectivity index (χ0v) is 11.9. The molecule has 1 rings (SSSR count). The summed E-state index contributed by atoms with van der Waals surface area (Å²) in [6.45, 7) is 6.74. The molecule has 18 heavy (non-hydrogen) atoms. The third-order valence-corrected chi connectivity index (χ3v) is 2.84. The van der Waals surface area contributed by atoms with Crippen molar-refractivity contribution in [2.45, 2.75) is 46.0 Å². The number of hydrogen-bond acceptors (Lipinski definition) is 3. The molecule has 1 amide bonds. The molecular weight excluding hydrogens is 250 g/mol. The fraction of sp³-hybridized carbons (Fsp3) is 0.615. The van der Waals surface area contributed by atoms with Crippen LogP contribution in [0.3, 0.4) is 0 Å². The second-order valence-corrected chi connectivity index (χ2v) is 4.95. The van der Waals surface area contributed by atoms with E-state index in [9.17, 15) is 4.79 Å². The summed E-state index contributed by atoms with van der Waals surface area (Å²) in [5, 5.41) is 3.13. The fourth-order valence-electron chi connectivity index (χ4n) is 1.48. The lowest BCUT2D eigenvalue weighted by molar-refractivity contribution is 0.0947. The molecule has 5 heteroatoms. The summed E-state index contributed by atoms with van der Waals surface area (Å²) < 4.78 is 0. The molecule has 0 unspecified atom stereocenters. The van der Waals surface area contributed by atoms with E-state index in [1.165, 1.54) is 6.20 Å². The molecule has 0 atom stereocenters. The van der Waals surface area contributed by atoms with Gasteiger partial charge in [-0.25, -0.2) is 9.97 Å². The van der Waals surface area contributed by atoms with Crippen LogP contribution in [-0.2, 0) is 0 Å². The lowest BCUT2D eigenvalue weighted by Gasteiger charge is -2.08. The van der Waals surface area contributed by atoms with E-state index in [4.69, 9.17) is 11.6 Å². The van der Waals surface area contributed by atoms with Crippen LogP contribution >= 0.6 is 11.6 Å².